The first-order chi connectivity index (χ1) is 19.6. The summed E-state index contributed by atoms with van der Waals surface area (Å²) in [5, 5.41) is 2.80. The number of unbranched alkanes of at least 4 members (excludes halogenated alkanes) is 1. The SMILES string of the molecule is CCCCNC(=O)[C@@H](C)N(Cc1ccccc1F)C(=O)CN(c1ccccc1)S(=O)(=O)c1ccc(OC)c(OC)c1. The summed E-state index contributed by atoms with van der Waals surface area (Å²) in [6, 6.07) is 17.2. The number of amides is 2. The maximum atomic E-state index is 14.6. The fraction of sp³-hybridized carbons (Fsp3) is 0.333. The minimum absolute atomic E-state index is 0.127. The van der Waals surface area contributed by atoms with Crippen LogP contribution in [0.3, 0.4) is 0 Å². The van der Waals surface area contributed by atoms with Gasteiger partial charge in [-0.15, -0.1) is 0 Å². The van der Waals surface area contributed by atoms with Gasteiger partial charge in [-0.2, -0.15) is 0 Å². The van der Waals surface area contributed by atoms with Crippen LogP contribution in [0.15, 0.2) is 77.7 Å². The number of ether oxygens (including phenoxy) is 2. The Balaban J connectivity index is 2.02. The number of methoxy groups -OCH3 is 2. The Morgan fingerprint density at radius 2 is 1.61 bits per heavy atom. The number of hydrogen-bond acceptors (Lipinski definition) is 6. The fourth-order valence-electron chi connectivity index (χ4n) is 4.16. The van der Waals surface area contributed by atoms with Crippen molar-refractivity contribution in [1.29, 1.82) is 0 Å². The second-order valence-electron chi connectivity index (χ2n) is 9.30. The number of benzene rings is 3. The maximum absolute atomic E-state index is 14.6. The monoisotopic (exact) mass is 585 g/mol. The van der Waals surface area contributed by atoms with Crippen molar-refractivity contribution in [2.75, 3.05) is 31.6 Å². The molecule has 0 aliphatic carbocycles. The summed E-state index contributed by atoms with van der Waals surface area (Å²) in [4.78, 5) is 27.9. The fourth-order valence-corrected chi connectivity index (χ4v) is 5.59. The molecule has 0 aliphatic rings. The minimum atomic E-state index is -4.31. The highest BCUT2D eigenvalue weighted by Gasteiger charge is 2.33. The van der Waals surface area contributed by atoms with Crippen LogP contribution in [-0.2, 0) is 26.2 Å². The van der Waals surface area contributed by atoms with Crippen LogP contribution in [0.2, 0.25) is 0 Å². The Morgan fingerprint density at radius 3 is 2.24 bits per heavy atom. The molecule has 0 heterocycles. The van der Waals surface area contributed by atoms with E-state index in [-0.39, 0.29) is 28.4 Å². The molecule has 0 fully saturated rings. The molecule has 0 saturated carbocycles. The second kappa shape index (κ2) is 14.5. The molecule has 0 unspecified atom stereocenters. The van der Waals surface area contributed by atoms with E-state index in [1.54, 1.807) is 36.4 Å². The smallest absolute Gasteiger partial charge is 0.264 e. The van der Waals surface area contributed by atoms with Gasteiger partial charge in [-0.1, -0.05) is 49.7 Å². The normalized spacial score (nSPS) is 11.8. The summed E-state index contributed by atoms with van der Waals surface area (Å²) in [7, 11) is -1.48. The summed E-state index contributed by atoms with van der Waals surface area (Å²) in [6.07, 6.45) is 1.62. The van der Waals surface area contributed by atoms with Crippen LogP contribution >= 0.6 is 0 Å². The summed E-state index contributed by atoms with van der Waals surface area (Å²) in [5.74, 6) is -1.10. The Hall–Kier alpha value is -4.12. The molecule has 3 aromatic rings. The largest absolute Gasteiger partial charge is 0.493 e. The number of sulfonamides is 1. The van der Waals surface area contributed by atoms with E-state index in [0.717, 1.165) is 17.1 Å². The van der Waals surface area contributed by atoms with Crippen LogP contribution in [0.1, 0.15) is 32.3 Å². The van der Waals surface area contributed by atoms with Gasteiger partial charge in [0.25, 0.3) is 10.0 Å². The third-order valence-corrected chi connectivity index (χ3v) is 8.33. The molecule has 1 N–H and O–H groups in total. The molecule has 0 spiro atoms. The van der Waals surface area contributed by atoms with Crippen LogP contribution in [0.5, 0.6) is 11.5 Å². The summed E-state index contributed by atoms with van der Waals surface area (Å²) >= 11 is 0. The number of nitrogens with one attached hydrogen (secondary N) is 1. The zero-order chi connectivity index (χ0) is 30.0. The van der Waals surface area contributed by atoms with E-state index < -0.39 is 40.2 Å². The van der Waals surface area contributed by atoms with Gasteiger partial charge in [0.15, 0.2) is 11.5 Å². The van der Waals surface area contributed by atoms with Gasteiger partial charge in [0.2, 0.25) is 11.8 Å². The Labute approximate surface area is 240 Å². The zero-order valence-corrected chi connectivity index (χ0v) is 24.5. The number of carbonyl (C=O) groups is 2. The highest BCUT2D eigenvalue weighted by atomic mass is 32.2. The van der Waals surface area contributed by atoms with Crippen molar-refractivity contribution < 1.29 is 31.9 Å². The van der Waals surface area contributed by atoms with Crippen LogP contribution in [0.25, 0.3) is 0 Å². The van der Waals surface area contributed by atoms with Crippen LogP contribution < -0.4 is 19.1 Å². The van der Waals surface area contributed by atoms with E-state index in [0.29, 0.717) is 12.3 Å². The molecule has 0 bridgehead atoms. The van der Waals surface area contributed by atoms with Gasteiger partial charge in [-0.25, -0.2) is 12.8 Å². The molecular formula is C30H36FN3O6S. The molecular weight excluding hydrogens is 549 g/mol. The van der Waals surface area contributed by atoms with Gasteiger partial charge in [0, 0.05) is 24.7 Å². The van der Waals surface area contributed by atoms with Crippen LogP contribution in [-0.4, -0.2) is 58.5 Å². The van der Waals surface area contributed by atoms with Crippen molar-refractivity contribution in [3.05, 3.63) is 84.2 Å². The molecule has 3 rings (SSSR count). The van der Waals surface area contributed by atoms with Crippen molar-refractivity contribution in [3.8, 4) is 11.5 Å². The number of para-hydroxylation sites is 1. The lowest BCUT2D eigenvalue weighted by Gasteiger charge is -2.32. The van der Waals surface area contributed by atoms with Gasteiger partial charge in [-0.3, -0.25) is 13.9 Å². The third-order valence-electron chi connectivity index (χ3n) is 6.56. The first-order valence-electron chi connectivity index (χ1n) is 13.2. The highest BCUT2D eigenvalue weighted by molar-refractivity contribution is 7.92. The van der Waals surface area contributed by atoms with E-state index in [4.69, 9.17) is 9.47 Å². The van der Waals surface area contributed by atoms with Gasteiger partial charge >= 0.3 is 0 Å². The van der Waals surface area contributed by atoms with Crippen molar-refractivity contribution >= 4 is 27.5 Å². The first kappa shape index (κ1) is 31.4. The average Bonchev–Trinajstić information content (AvgIpc) is 2.98. The van der Waals surface area contributed by atoms with E-state index >= 15 is 0 Å². The molecule has 41 heavy (non-hydrogen) atoms. The number of nitrogens with zero attached hydrogens (tertiary/aromatic N) is 2. The number of carbonyl (C=O) groups excluding carboxylic acids is 2. The molecule has 9 nitrogen and oxygen atoms in total. The highest BCUT2D eigenvalue weighted by Crippen LogP contribution is 2.32. The minimum Gasteiger partial charge on any atom is -0.493 e. The van der Waals surface area contributed by atoms with E-state index in [1.165, 1.54) is 62.4 Å². The zero-order valence-electron chi connectivity index (χ0n) is 23.7. The third kappa shape index (κ3) is 7.75. The summed E-state index contributed by atoms with van der Waals surface area (Å²) in [6.45, 7) is 3.08. The lowest BCUT2D eigenvalue weighted by Crippen LogP contribution is -2.51. The number of halogens is 1. The van der Waals surface area contributed by atoms with Crippen molar-refractivity contribution in [3.63, 3.8) is 0 Å². The lowest BCUT2D eigenvalue weighted by molar-refractivity contribution is -0.139. The molecule has 220 valence electrons. The Kier molecular flexibility index (Phi) is 11.1. The molecule has 0 saturated heterocycles. The first-order valence-corrected chi connectivity index (χ1v) is 14.7. The summed E-state index contributed by atoms with van der Waals surface area (Å²) in [5.41, 5.74) is 0.435. The standard InChI is InChI=1S/C30H36FN3O6S/c1-5-6-18-32-30(36)22(2)33(20-23-12-10-11-15-26(23)31)29(35)21-34(24-13-8-7-9-14-24)41(37,38)25-16-17-27(39-3)28(19-25)40-4/h7-17,19,22H,5-6,18,20-21H2,1-4H3,(H,32,36)/t22-/m1/s1. The van der Waals surface area contributed by atoms with Gasteiger partial charge < -0.3 is 19.7 Å². The summed E-state index contributed by atoms with van der Waals surface area (Å²) < 4.78 is 54.1. The molecule has 11 heteroatoms. The van der Waals surface area contributed by atoms with Gasteiger partial charge in [0.05, 0.1) is 24.8 Å². The van der Waals surface area contributed by atoms with E-state index in [9.17, 15) is 22.4 Å². The quantitative estimate of drug-likeness (QED) is 0.282. The topological polar surface area (TPSA) is 105 Å². The molecule has 1 atom stereocenters. The predicted octanol–water partition coefficient (Wildman–Crippen LogP) is 4.37. The van der Waals surface area contributed by atoms with Crippen LogP contribution in [0.4, 0.5) is 10.1 Å². The molecule has 3 aromatic carbocycles. The molecule has 0 radical (unpaired) electrons. The number of hydrogen-bond donors (Lipinski definition) is 1. The Morgan fingerprint density at radius 1 is 0.951 bits per heavy atom. The van der Waals surface area contributed by atoms with Gasteiger partial charge in [0.1, 0.15) is 18.4 Å². The van der Waals surface area contributed by atoms with Crippen molar-refractivity contribution in [2.24, 2.45) is 0 Å². The van der Waals surface area contributed by atoms with Gasteiger partial charge in [-0.05, 0) is 43.7 Å². The average molecular weight is 586 g/mol. The van der Waals surface area contributed by atoms with Crippen molar-refractivity contribution in [1.82, 2.24) is 10.2 Å². The van der Waals surface area contributed by atoms with E-state index in [1.807, 2.05) is 6.92 Å². The van der Waals surface area contributed by atoms with E-state index in [2.05, 4.69) is 5.32 Å². The molecule has 0 aromatic heterocycles. The number of anilines is 1. The molecule has 0 aliphatic heterocycles. The molecule has 2 amide bonds. The Bertz CT molecular complexity index is 1440. The van der Waals surface area contributed by atoms with Crippen LogP contribution in [0, 0.1) is 5.82 Å². The predicted molar refractivity (Wildman–Crippen MR) is 155 cm³/mol. The second-order valence-corrected chi connectivity index (χ2v) is 11.2. The van der Waals surface area contributed by atoms with Crippen molar-refractivity contribution in [2.45, 2.75) is 44.2 Å². The maximum Gasteiger partial charge on any atom is 0.264 e. The lowest BCUT2D eigenvalue weighted by atomic mass is 10.1. The number of rotatable bonds is 14.